The summed E-state index contributed by atoms with van der Waals surface area (Å²) in [5.74, 6) is 1.37. The van der Waals surface area contributed by atoms with Crippen molar-refractivity contribution in [1.29, 1.82) is 0 Å². The van der Waals surface area contributed by atoms with Gasteiger partial charge in [0.05, 0.1) is 5.57 Å². The van der Waals surface area contributed by atoms with Crippen LogP contribution in [0.5, 0.6) is 0 Å². The predicted molar refractivity (Wildman–Crippen MR) is 55.1 cm³/mol. The third-order valence-electron chi connectivity index (χ3n) is 2.26. The number of benzene rings is 1. The summed E-state index contributed by atoms with van der Waals surface area (Å²) in [5.41, 5.74) is 2.85. The molecule has 72 valence electrons. The number of hydrogen-bond acceptors (Lipinski definition) is 2. The van der Waals surface area contributed by atoms with Gasteiger partial charge in [0.15, 0.2) is 5.78 Å². The van der Waals surface area contributed by atoms with Crippen molar-refractivity contribution < 1.29 is 9.59 Å². The van der Waals surface area contributed by atoms with Gasteiger partial charge in [-0.3, -0.25) is 4.79 Å². The maximum absolute atomic E-state index is 11.5. The molecule has 1 rings (SSSR count). The summed E-state index contributed by atoms with van der Waals surface area (Å²) in [5, 5.41) is 0. The molecule has 0 saturated carbocycles. The van der Waals surface area contributed by atoms with E-state index in [1.54, 1.807) is 18.1 Å². The van der Waals surface area contributed by atoms with Gasteiger partial charge in [0.1, 0.15) is 5.94 Å². The molecule has 0 radical (unpaired) electrons. The number of carbonyl (C=O) groups excluding carboxylic acids is 2. The first kappa shape index (κ1) is 10.4. The van der Waals surface area contributed by atoms with E-state index in [9.17, 15) is 9.59 Å². The summed E-state index contributed by atoms with van der Waals surface area (Å²) < 4.78 is 0. The van der Waals surface area contributed by atoms with E-state index < -0.39 is 0 Å². The maximum Gasteiger partial charge on any atom is 0.199 e. The van der Waals surface area contributed by atoms with Crippen molar-refractivity contribution in [2.45, 2.75) is 20.8 Å². The summed E-state index contributed by atoms with van der Waals surface area (Å²) in [4.78, 5) is 21.8. The van der Waals surface area contributed by atoms with Gasteiger partial charge in [0.25, 0.3) is 0 Å². The Labute approximate surface area is 83.3 Å². The largest absolute Gasteiger partial charge is 0.288 e. The van der Waals surface area contributed by atoms with Crippen LogP contribution in [-0.2, 0) is 4.79 Å². The van der Waals surface area contributed by atoms with E-state index in [2.05, 4.69) is 0 Å². The SMILES string of the molecule is CC(=C=O)C(=O)c1ccc(C)c(C)c1. The third kappa shape index (κ3) is 1.98. The molecule has 0 fully saturated rings. The lowest BCUT2D eigenvalue weighted by Crippen LogP contribution is -2.01. The van der Waals surface area contributed by atoms with Crippen molar-refractivity contribution in [3.05, 3.63) is 40.5 Å². The van der Waals surface area contributed by atoms with Gasteiger partial charge in [-0.15, -0.1) is 0 Å². The molecule has 0 bridgehead atoms. The van der Waals surface area contributed by atoms with Crippen LogP contribution in [0.4, 0.5) is 0 Å². The topological polar surface area (TPSA) is 34.1 Å². The quantitative estimate of drug-likeness (QED) is 0.405. The maximum atomic E-state index is 11.5. The number of rotatable bonds is 2. The van der Waals surface area contributed by atoms with Crippen LogP contribution < -0.4 is 0 Å². The highest BCUT2D eigenvalue weighted by Crippen LogP contribution is 2.12. The van der Waals surface area contributed by atoms with Crippen LogP contribution in [0.1, 0.15) is 28.4 Å². The van der Waals surface area contributed by atoms with E-state index in [1.165, 1.54) is 6.92 Å². The molecule has 0 N–H and O–H groups in total. The second-order valence-electron chi connectivity index (χ2n) is 3.36. The van der Waals surface area contributed by atoms with Crippen LogP contribution in [0.2, 0.25) is 0 Å². The van der Waals surface area contributed by atoms with Crippen molar-refractivity contribution in [2.75, 3.05) is 0 Å². The number of aryl methyl sites for hydroxylation is 2. The smallest absolute Gasteiger partial charge is 0.199 e. The molecular weight excluding hydrogens is 176 g/mol. The van der Waals surface area contributed by atoms with Crippen LogP contribution in [-0.4, -0.2) is 11.7 Å². The number of carbonyl (C=O) groups is 1. The number of ketones is 1. The molecule has 0 aliphatic heterocycles. The first-order chi connectivity index (χ1) is 6.56. The molecular formula is C12H12O2. The molecule has 0 heterocycles. The normalized spacial score (nSPS) is 9.36. The number of hydrogen-bond donors (Lipinski definition) is 0. The number of Topliss-reactive ketones (excluding diaryl/α,β-unsaturated/α-hetero) is 1. The Bertz CT molecular complexity index is 424. The fraction of sp³-hybridized carbons (Fsp3) is 0.250. The van der Waals surface area contributed by atoms with E-state index in [4.69, 9.17) is 0 Å². The van der Waals surface area contributed by atoms with Crippen LogP contribution in [0.25, 0.3) is 0 Å². The fourth-order valence-corrected chi connectivity index (χ4v) is 1.15. The van der Waals surface area contributed by atoms with Crippen molar-refractivity contribution in [3.63, 3.8) is 0 Å². The van der Waals surface area contributed by atoms with Gasteiger partial charge >= 0.3 is 0 Å². The highest BCUT2D eigenvalue weighted by Gasteiger charge is 2.09. The van der Waals surface area contributed by atoms with Gasteiger partial charge in [-0.05, 0) is 38.0 Å². The molecule has 14 heavy (non-hydrogen) atoms. The molecule has 0 amide bonds. The highest BCUT2D eigenvalue weighted by molar-refractivity contribution is 6.12. The van der Waals surface area contributed by atoms with Crippen molar-refractivity contribution >= 4 is 11.7 Å². The Kier molecular flexibility index (Phi) is 3.00. The molecule has 0 unspecified atom stereocenters. The first-order valence-corrected chi connectivity index (χ1v) is 4.40. The zero-order valence-corrected chi connectivity index (χ0v) is 8.55. The Balaban J connectivity index is 3.16. The summed E-state index contributed by atoms with van der Waals surface area (Å²) >= 11 is 0. The van der Waals surface area contributed by atoms with E-state index in [0.29, 0.717) is 5.56 Å². The lowest BCUT2D eigenvalue weighted by molar-refractivity contribution is 0.103. The summed E-state index contributed by atoms with van der Waals surface area (Å²) in [6.07, 6.45) is 0. The minimum atomic E-state index is -0.247. The van der Waals surface area contributed by atoms with Crippen LogP contribution >= 0.6 is 0 Å². The van der Waals surface area contributed by atoms with E-state index in [-0.39, 0.29) is 11.4 Å². The molecule has 0 aromatic heterocycles. The minimum Gasteiger partial charge on any atom is -0.288 e. The molecule has 1 aromatic rings. The van der Waals surface area contributed by atoms with Crippen molar-refractivity contribution in [1.82, 2.24) is 0 Å². The molecule has 2 heteroatoms. The zero-order chi connectivity index (χ0) is 10.7. The summed E-state index contributed by atoms with van der Waals surface area (Å²) in [7, 11) is 0. The van der Waals surface area contributed by atoms with Gasteiger partial charge in [-0.2, -0.15) is 0 Å². The van der Waals surface area contributed by atoms with Crippen LogP contribution in [0.3, 0.4) is 0 Å². The monoisotopic (exact) mass is 188 g/mol. The van der Waals surface area contributed by atoms with E-state index >= 15 is 0 Å². The van der Waals surface area contributed by atoms with Crippen LogP contribution in [0.15, 0.2) is 23.8 Å². The van der Waals surface area contributed by atoms with E-state index in [0.717, 1.165) is 11.1 Å². The van der Waals surface area contributed by atoms with Crippen molar-refractivity contribution in [2.24, 2.45) is 0 Å². The molecule has 2 nitrogen and oxygen atoms in total. The van der Waals surface area contributed by atoms with Gasteiger partial charge in [-0.25, -0.2) is 4.79 Å². The lowest BCUT2D eigenvalue weighted by Gasteiger charge is -2.02. The van der Waals surface area contributed by atoms with Gasteiger partial charge in [-0.1, -0.05) is 12.1 Å². The average molecular weight is 188 g/mol. The van der Waals surface area contributed by atoms with Gasteiger partial charge in [0, 0.05) is 5.56 Å². The Morgan fingerprint density at radius 3 is 2.36 bits per heavy atom. The Morgan fingerprint density at radius 2 is 1.86 bits per heavy atom. The summed E-state index contributed by atoms with van der Waals surface area (Å²) in [6, 6.07) is 5.39. The Morgan fingerprint density at radius 1 is 1.21 bits per heavy atom. The number of allylic oxidation sites excluding steroid dienone is 1. The standard InChI is InChI=1S/C12H12O2/c1-8-4-5-11(6-9(8)2)12(14)10(3)7-13/h4-6H,1-3H3. The third-order valence-corrected chi connectivity index (χ3v) is 2.26. The summed E-state index contributed by atoms with van der Waals surface area (Å²) in [6.45, 7) is 5.39. The minimum absolute atomic E-state index is 0.119. The highest BCUT2D eigenvalue weighted by atomic mass is 16.1. The molecule has 0 spiro atoms. The van der Waals surface area contributed by atoms with Gasteiger partial charge in [0.2, 0.25) is 0 Å². The molecule has 0 atom stereocenters. The Hall–Kier alpha value is -1.66. The van der Waals surface area contributed by atoms with E-state index in [1.807, 2.05) is 19.9 Å². The van der Waals surface area contributed by atoms with Crippen LogP contribution in [0, 0.1) is 13.8 Å². The fourth-order valence-electron chi connectivity index (χ4n) is 1.15. The zero-order valence-electron chi connectivity index (χ0n) is 8.55. The first-order valence-electron chi connectivity index (χ1n) is 4.40. The van der Waals surface area contributed by atoms with Gasteiger partial charge < -0.3 is 0 Å². The molecule has 1 aromatic carbocycles. The van der Waals surface area contributed by atoms with Crippen molar-refractivity contribution in [3.8, 4) is 0 Å². The molecule has 0 saturated heterocycles. The molecule has 0 aliphatic carbocycles. The predicted octanol–water partition coefficient (Wildman–Crippen LogP) is 2.26. The average Bonchev–Trinajstić information content (AvgIpc) is 2.20. The molecule has 0 aliphatic rings. The second-order valence-corrected chi connectivity index (χ2v) is 3.36. The second kappa shape index (κ2) is 4.03. The lowest BCUT2D eigenvalue weighted by atomic mass is 10.0.